The fraction of sp³-hybridized carbons (Fsp3) is 0.304. The Bertz CT molecular complexity index is 1090. The number of hydrogen-bond donors (Lipinski definition) is 2. The molecule has 0 aliphatic carbocycles. The lowest BCUT2D eigenvalue weighted by Gasteiger charge is -2.28. The third-order valence-corrected chi connectivity index (χ3v) is 5.27. The first-order valence-electron chi connectivity index (χ1n) is 10.1. The molecule has 0 bridgehead atoms. The van der Waals surface area contributed by atoms with Crippen LogP contribution >= 0.6 is 0 Å². The number of ether oxygens (including phenoxy) is 2. The Balaban J connectivity index is 1.53. The molecule has 0 saturated carbocycles. The number of hydrogen-bond acceptors (Lipinski definition) is 6. The Morgan fingerprint density at radius 3 is 2.70 bits per heavy atom. The van der Waals surface area contributed by atoms with Gasteiger partial charge in [0.1, 0.15) is 5.82 Å². The second kappa shape index (κ2) is 8.59. The molecule has 0 amide bonds. The van der Waals surface area contributed by atoms with Crippen LogP contribution in [0.3, 0.4) is 0 Å². The summed E-state index contributed by atoms with van der Waals surface area (Å²) >= 11 is 0. The van der Waals surface area contributed by atoms with E-state index in [4.69, 9.17) is 20.2 Å². The molecule has 2 heterocycles. The van der Waals surface area contributed by atoms with E-state index in [2.05, 4.69) is 9.88 Å². The number of anilines is 1. The minimum absolute atomic E-state index is 0.0826. The smallest absolute Gasteiger partial charge is 0.255 e. The van der Waals surface area contributed by atoms with Gasteiger partial charge in [0.15, 0.2) is 11.5 Å². The number of H-pyrrole nitrogens is 1. The van der Waals surface area contributed by atoms with Crippen LogP contribution in [0, 0.1) is 0 Å². The Kier molecular flexibility index (Phi) is 5.72. The Morgan fingerprint density at radius 1 is 1.17 bits per heavy atom. The molecular weight excluding hydrogens is 380 g/mol. The van der Waals surface area contributed by atoms with Crippen molar-refractivity contribution in [3.05, 3.63) is 69.6 Å². The second-order valence-corrected chi connectivity index (χ2v) is 7.34. The van der Waals surface area contributed by atoms with Gasteiger partial charge in [0, 0.05) is 37.3 Å². The van der Waals surface area contributed by atoms with Crippen molar-refractivity contribution in [1.29, 1.82) is 0 Å². The highest BCUT2D eigenvalue weighted by atomic mass is 16.5. The van der Waals surface area contributed by atoms with Gasteiger partial charge in [0.2, 0.25) is 0 Å². The fourth-order valence-electron chi connectivity index (χ4n) is 3.74. The minimum atomic E-state index is -0.0826. The molecule has 30 heavy (non-hydrogen) atoms. The van der Waals surface area contributed by atoms with Crippen molar-refractivity contribution in [2.24, 2.45) is 0 Å². The van der Waals surface area contributed by atoms with Crippen LogP contribution in [0.2, 0.25) is 0 Å². The molecule has 0 unspecified atom stereocenters. The van der Waals surface area contributed by atoms with Gasteiger partial charge in [-0.1, -0.05) is 6.07 Å². The van der Waals surface area contributed by atoms with Gasteiger partial charge in [-0.05, 0) is 48.9 Å². The van der Waals surface area contributed by atoms with Crippen molar-refractivity contribution < 1.29 is 9.47 Å². The van der Waals surface area contributed by atoms with Gasteiger partial charge >= 0.3 is 0 Å². The Hall–Kier alpha value is -3.32. The molecule has 4 rings (SSSR count). The molecule has 7 heteroatoms. The van der Waals surface area contributed by atoms with Crippen LogP contribution in [-0.2, 0) is 19.5 Å². The lowest BCUT2D eigenvalue weighted by Crippen LogP contribution is -2.35. The summed E-state index contributed by atoms with van der Waals surface area (Å²) in [5.41, 5.74) is 9.92. The number of methoxy groups -OCH3 is 1. The number of nitrogen functional groups attached to an aromatic ring is 1. The number of aromatic nitrogens is 2. The van der Waals surface area contributed by atoms with E-state index in [0.29, 0.717) is 24.7 Å². The Morgan fingerprint density at radius 2 is 1.97 bits per heavy atom. The maximum atomic E-state index is 12.8. The van der Waals surface area contributed by atoms with Gasteiger partial charge in [-0.25, -0.2) is 4.98 Å². The zero-order valence-electron chi connectivity index (χ0n) is 17.3. The number of rotatable bonds is 6. The summed E-state index contributed by atoms with van der Waals surface area (Å²) in [6.07, 6.45) is 0.732. The van der Waals surface area contributed by atoms with Crippen LogP contribution in [0.25, 0.3) is 11.4 Å². The third kappa shape index (κ3) is 4.16. The van der Waals surface area contributed by atoms with Gasteiger partial charge in [0.25, 0.3) is 5.56 Å². The molecule has 7 nitrogen and oxygen atoms in total. The van der Waals surface area contributed by atoms with E-state index in [9.17, 15) is 4.79 Å². The molecule has 0 atom stereocenters. The molecule has 0 saturated heterocycles. The second-order valence-electron chi connectivity index (χ2n) is 7.34. The quantitative estimate of drug-likeness (QED) is 0.612. The van der Waals surface area contributed by atoms with Gasteiger partial charge < -0.3 is 20.2 Å². The molecule has 1 aromatic heterocycles. The summed E-state index contributed by atoms with van der Waals surface area (Å²) in [4.78, 5) is 22.6. The third-order valence-electron chi connectivity index (χ3n) is 5.27. The molecule has 2 aromatic carbocycles. The van der Waals surface area contributed by atoms with Crippen molar-refractivity contribution >= 4 is 5.69 Å². The van der Waals surface area contributed by atoms with E-state index in [0.717, 1.165) is 53.4 Å². The van der Waals surface area contributed by atoms with E-state index in [1.54, 1.807) is 7.11 Å². The monoisotopic (exact) mass is 406 g/mol. The average Bonchev–Trinajstić information content (AvgIpc) is 2.76. The van der Waals surface area contributed by atoms with E-state index in [-0.39, 0.29) is 5.56 Å². The zero-order valence-corrected chi connectivity index (χ0v) is 17.3. The standard InChI is InChI=1S/C23H26N4O3/c1-3-30-20-9-4-15(12-21(20)29-2)13-27-11-10-19-18(14-27)23(28)26-22(25-19)16-5-7-17(24)8-6-16/h4-9,12H,3,10-11,13-14,24H2,1-2H3,(H,25,26,28). The molecular formula is C23H26N4O3. The lowest BCUT2D eigenvalue weighted by molar-refractivity contribution is 0.241. The molecule has 156 valence electrons. The van der Waals surface area contributed by atoms with Gasteiger partial charge in [-0.2, -0.15) is 0 Å². The van der Waals surface area contributed by atoms with E-state index >= 15 is 0 Å². The topological polar surface area (TPSA) is 93.5 Å². The number of benzene rings is 2. The number of aromatic amines is 1. The van der Waals surface area contributed by atoms with Gasteiger partial charge in [0.05, 0.1) is 25.0 Å². The largest absolute Gasteiger partial charge is 0.493 e. The number of nitrogens with one attached hydrogen (secondary N) is 1. The lowest BCUT2D eigenvalue weighted by atomic mass is 10.0. The SMILES string of the molecule is CCOc1ccc(CN2CCc3nc(-c4ccc(N)cc4)[nH]c(=O)c3C2)cc1OC. The molecule has 0 radical (unpaired) electrons. The highest BCUT2D eigenvalue weighted by molar-refractivity contribution is 5.58. The maximum Gasteiger partial charge on any atom is 0.255 e. The van der Waals surface area contributed by atoms with E-state index < -0.39 is 0 Å². The van der Waals surface area contributed by atoms with Gasteiger partial charge in [-0.3, -0.25) is 9.69 Å². The van der Waals surface area contributed by atoms with Crippen molar-refractivity contribution in [2.75, 3.05) is 26.0 Å². The van der Waals surface area contributed by atoms with Crippen LogP contribution in [0.15, 0.2) is 47.3 Å². The van der Waals surface area contributed by atoms with Crippen molar-refractivity contribution in [1.82, 2.24) is 14.9 Å². The first-order chi connectivity index (χ1) is 14.6. The van der Waals surface area contributed by atoms with E-state index in [1.807, 2.05) is 49.4 Å². The zero-order chi connectivity index (χ0) is 21.1. The van der Waals surface area contributed by atoms with Crippen molar-refractivity contribution in [3.63, 3.8) is 0 Å². The normalized spacial score (nSPS) is 13.7. The summed E-state index contributed by atoms with van der Waals surface area (Å²) in [6.45, 7) is 4.66. The molecule has 1 aliphatic rings. The first kappa shape index (κ1) is 20.0. The Labute approximate surface area is 175 Å². The average molecular weight is 406 g/mol. The highest BCUT2D eigenvalue weighted by Gasteiger charge is 2.22. The van der Waals surface area contributed by atoms with Crippen LogP contribution in [0.1, 0.15) is 23.7 Å². The van der Waals surface area contributed by atoms with Crippen molar-refractivity contribution in [2.45, 2.75) is 26.4 Å². The molecule has 0 fully saturated rings. The maximum absolute atomic E-state index is 12.8. The number of nitrogens with zero attached hydrogens (tertiary/aromatic N) is 2. The van der Waals surface area contributed by atoms with Crippen LogP contribution in [0.5, 0.6) is 11.5 Å². The van der Waals surface area contributed by atoms with Crippen LogP contribution < -0.4 is 20.8 Å². The fourth-order valence-corrected chi connectivity index (χ4v) is 3.74. The predicted octanol–water partition coefficient (Wildman–Crippen LogP) is 2.98. The van der Waals surface area contributed by atoms with Crippen molar-refractivity contribution in [3.8, 4) is 22.9 Å². The summed E-state index contributed by atoms with van der Waals surface area (Å²) in [5.74, 6) is 2.05. The predicted molar refractivity (Wildman–Crippen MR) is 117 cm³/mol. The minimum Gasteiger partial charge on any atom is -0.493 e. The first-order valence-corrected chi connectivity index (χ1v) is 10.1. The highest BCUT2D eigenvalue weighted by Crippen LogP contribution is 2.29. The summed E-state index contributed by atoms with van der Waals surface area (Å²) in [5, 5.41) is 0. The summed E-state index contributed by atoms with van der Waals surface area (Å²) in [7, 11) is 1.64. The molecule has 3 N–H and O–H groups in total. The molecule has 0 spiro atoms. The summed E-state index contributed by atoms with van der Waals surface area (Å²) in [6, 6.07) is 13.3. The molecule has 1 aliphatic heterocycles. The number of fused-ring (bicyclic) bond motifs is 1. The molecule has 3 aromatic rings. The van der Waals surface area contributed by atoms with E-state index in [1.165, 1.54) is 0 Å². The summed E-state index contributed by atoms with van der Waals surface area (Å²) < 4.78 is 11.0. The van der Waals surface area contributed by atoms with Crippen LogP contribution in [0.4, 0.5) is 5.69 Å². The van der Waals surface area contributed by atoms with Crippen LogP contribution in [-0.4, -0.2) is 35.1 Å². The van der Waals surface area contributed by atoms with Gasteiger partial charge in [-0.15, -0.1) is 0 Å². The number of nitrogens with two attached hydrogens (primary N) is 1.